The van der Waals surface area contributed by atoms with Crippen LogP contribution in [0.15, 0.2) is 60.7 Å². The van der Waals surface area contributed by atoms with Gasteiger partial charge in [0.2, 0.25) is 23.6 Å². The van der Waals surface area contributed by atoms with Crippen LogP contribution in [0.1, 0.15) is 77.9 Å². The normalized spacial score (nSPS) is 18.3. The highest BCUT2D eigenvalue weighted by Crippen LogP contribution is 2.40. The molecule has 2 heterocycles. The van der Waals surface area contributed by atoms with Gasteiger partial charge in [0, 0.05) is 49.8 Å². The van der Waals surface area contributed by atoms with E-state index in [1.807, 2.05) is 30.3 Å². The number of aliphatic hydroxyl groups excluding tert-OH is 2. The Kier molecular flexibility index (Phi) is 20.2. The number of carbonyl (C=O) groups excluding carboxylic acids is 5. The molecule has 3 aromatic carbocycles. The summed E-state index contributed by atoms with van der Waals surface area (Å²) in [6, 6.07) is 12.1. The lowest BCUT2D eigenvalue weighted by Gasteiger charge is -2.33. The summed E-state index contributed by atoms with van der Waals surface area (Å²) in [5.41, 5.74) is 13.5. The van der Waals surface area contributed by atoms with Gasteiger partial charge in [-0.2, -0.15) is 18.4 Å². The van der Waals surface area contributed by atoms with Crippen molar-refractivity contribution in [2.45, 2.75) is 102 Å². The average Bonchev–Trinajstić information content (AvgIpc) is 3.39. The topological polar surface area (TPSA) is 379 Å². The number of hydrogen-bond donors (Lipinski definition) is 10. The van der Waals surface area contributed by atoms with Crippen LogP contribution in [0.4, 0.5) is 0 Å². The fourth-order valence-corrected chi connectivity index (χ4v) is 9.14. The third-order valence-corrected chi connectivity index (χ3v) is 13.3. The van der Waals surface area contributed by atoms with Crippen molar-refractivity contribution in [3.8, 4) is 45.8 Å². The number of aromatic nitrogens is 2. The van der Waals surface area contributed by atoms with Crippen LogP contribution in [0.3, 0.4) is 0 Å². The van der Waals surface area contributed by atoms with Crippen molar-refractivity contribution in [3.63, 3.8) is 0 Å². The number of aliphatic hydroxyl groups is 2. The number of carbonyl (C=O) groups is 5. The van der Waals surface area contributed by atoms with Crippen molar-refractivity contribution in [2.75, 3.05) is 46.4 Å². The van der Waals surface area contributed by atoms with Crippen molar-refractivity contribution >= 4 is 39.7 Å². The van der Waals surface area contributed by atoms with Gasteiger partial charge in [0.25, 0.3) is 16.1 Å². The summed E-state index contributed by atoms with van der Waals surface area (Å²) in [5, 5.41) is 45.7. The van der Waals surface area contributed by atoms with Crippen LogP contribution >= 0.6 is 0 Å². The van der Waals surface area contributed by atoms with E-state index in [4.69, 9.17) is 30.8 Å². The minimum absolute atomic E-state index is 0.0218. The molecule has 0 spiro atoms. The molecule has 13 N–H and O–H groups in total. The molecule has 4 aromatic rings. The molecule has 1 aliphatic carbocycles. The van der Waals surface area contributed by atoms with Gasteiger partial charge in [-0.05, 0) is 106 Å². The number of nitrogens with one attached hydrogen (secondary N) is 5. The fraction of sp³-hybridized carbons (Fsp3) is 0.451. The first kappa shape index (κ1) is 58.0. The largest absolute Gasteiger partial charge is 0.490 e. The van der Waals surface area contributed by atoms with E-state index < -0.39 is 82.7 Å². The van der Waals surface area contributed by atoms with Crippen LogP contribution in [-0.4, -0.2) is 146 Å². The zero-order valence-corrected chi connectivity index (χ0v) is 43.5. The highest BCUT2D eigenvalue weighted by Gasteiger charge is 2.37. The second-order valence-corrected chi connectivity index (χ2v) is 20.0. The molecule has 6 atom stereocenters. The van der Waals surface area contributed by atoms with E-state index in [0.717, 1.165) is 30.6 Å². The Bertz CT molecular complexity index is 2870. The van der Waals surface area contributed by atoms with Gasteiger partial charge in [-0.25, -0.2) is 15.1 Å². The summed E-state index contributed by atoms with van der Waals surface area (Å²) >= 11 is 0. The molecule has 1 aliphatic heterocycles. The molecule has 25 heteroatoms. The Balaban J connectivity index is 1.41. The number of nitrogens with zero attached hydrogens (tertiary/aromatic N) is 4. The lowest BCUT2D eigenvalue weighted by atomic mass is 9.93. The lowest BCUT2D eigenvalue weighted by Crippen LogP contribution is -2.57. The molecule has 4 bridgehead atoms. The first-order valence-corrected chi connectivity index (χ1v) is 26.3. The number of likely N-dealkylation sites (N-methyl/N-ethyl adjacent to an activating group) is 1. The van der Waals surface area contributed by atoms with Gasteiger partial charge in [0.15, 0.2) is 5.82 Å². The van der Waals surface area contributed by atoms with E-state index >= 15 is 0 Å². The van der Waals surface area contributed by atoms with Crippen molar-refractivity contribution in [3.05, 3.63) is 88.7 Å². The Morgan fingerprint density at radius 1 is 0.882 bits per heavy atom. The SMILES string of the molecule is Cc1nc(-c2ccc(OC3CCCCC3)cc2)nc(C)c1C(=O)NC(CNS(N)(=O)=O)C(=O)N(C)[C@@H]1C(=O)N[C@@H](C)C(=O)N[C@H](C(=O)NCC#N)Cc2ccc(OCC(O)CN)c(c2)-c2cc1ccc2OCC(O)CN. The fourth-order valence-electron chi connectivity index (χ4n) is 8.74. The first-order chi connectivity index (χ1) is 36.2. The average molecular weight is 1070 g/mol. The number of hydrogen-bond acceptors (Lipinski definition) is 17. The molecule has 1 saturated carbocycles. The van der Waals surface area contributed by atoms with Crippen molar-refractivity contribution in [1.82, 2.24) is 40.9 Å². The van der Waals surface area contributed by atoms with Crippen LogP contribution in [-0.2, 0) is 35.8 Å². The molecular weight excluding hydrogens is 1000 g/mol. The number of nitriles is 1. The second kappa shape index (κ2) is 26.4. The van der Waals surface area contributed by atoms with Crippen LogP contribution in [0.25, 0.3) is 22.5 Å². The smallest absolute Gasteiger partial charge is 0.274 e. The quantitative estimate of drug-likeness (QED) is 0.0513. The lowest BCUT2D eigenvalue weighted by molar-refractivity contribution is -0.141. The number of benzene rings is 3. The molecule has 6 rings (SSSR count). The molecule has 0 radical (unpaired) electrons. The minimum atomic E-state index is -4.49. The molecular formula is C51H66N12O12S. The van der Waals surface area contributed by atoms with Crippen LogP contribution in [0.5, 0.6) is 17.2 Å². The van der Waals surface area contributed by atoms with Gasteiger partial charge in [-0.15, -0.1) is 0 Å². The maximum Gasteiger partial charge on any atom is 0.274 e. The van der Waals surface area contributed by atoms with E-state index in [2.05, 4.69) is 36.0 Å². The predicted octanol–water partition coefficient (Wildman–Crippen LogP) is -0.188. The molecule has 76 heavy (non-hydrogen) atoms. The minimum Gasteiger partial charge on any atom is -0.490 e. The Morgan fingerprint density at radius 2 is 1.49 bits per heavy atom. The van der Waals surface area contributed by atoms with Gasteiger partial charge >= 0.3 is 0 Å². The summed E-state index contributed by atoms with van der Waals surface area (Å²) in [6.07, 6.45) is 3.20. The number of amides is 5. The van der Waals surface area contributed by atoms with Gasteiger partial charge < -0.3 is 62.1 Å². The summed E-state index contributed by atoms with van der Waals surface area (Å²) in [7, 11) is -3.27. The second-order valence-electron chi connectivity index (χ2n) is 18.6. The van der Waals surface area contributed by atoms with E-state index in [9.17, 15) is 47.9 Å². The molecule has 24 nitrogen and oxygen atoms in total. The highest BCUT2D eigenvalue weighted by molar-refractivity contribution is 7.87. The van der Waals surface area contributed by atoms with E-state index in [-0.39, 0.29) is 90.5 Å². The Morgan fingerprint density at radius 3 is 2.08 bits per heavy atom. The first-order valence-electron chi connectivity index (χ1n) is 24.7. The maximum absolute atomic E-state index is 15.0. The number of rotatable bonds is 20. The molecule has 0 saturated heterocycles. The molecule has 3 unspecified atom stereocenters. The number of ether oxygens (including phenoxy) is 3. The number of nitrogens with two attached hydrogens (primary N) is 3. The van der Waals surface area contributed by atoms with Crippen LogP contribution in [0, 0.1) is 25.2 Å². The van der Waals surface area contributed by atoms with Gasteiger partial charge in [-0.1, -0.05) is 18.6 Å². The molecule has 2 aliphatic rings. The summed E-state index contributed by atoms with van der Waals surface area (Å²) in [6.45, 7) is 2.41. The monoisotopic (exact) mass is 1070 g/mol. The standard InChI is InChI=1S/C51H66N12O12S/c1-28-44(29(2)59-46(58-28)32-11-14-37(15-12-32)75-36-8-6-5-7-9-36)49(68)62-41(25-57-76(55,71)72)51(70)63(4)45-33-13-17-43(74-27-35(65)24-54)39(22-33)38-20-31(10-16-42(38)73-26-34(64)23-53)21-40(48(67)56-19-18-52)61-47(66)30(3)60-50(45)69/h10-17,20,22,30,34-36,40-41,45,57,64-65H,5-9,19,21,23-27,53-54H2,1-4H3,(H,56,67)(H,60,69)(H,61,66)(H,62,68)(H2,55,71,72)/t30-,34?,35?,40-,41?,45-/m0/s1. The van der Waals surface area contributed by atoms with E-state index in [1.165, 1.54) is 44.7 Å². The predicted molar refractivity (Wildman–Crippen MR) is 277 cm³/mol. The van der Waals surface area contributed by atoms with E-state index in [0.29, 0.717) is 22.7 Å². The summed E-state index contributed by atoms with van der Waals surface area (Å²) in [4.78, 5) is 81.5. The number of aryl methyl sites for hydroxylation is 2. The zero-order chi connectivity index (χ0) is 55.3. The van der Waals surface area contributed by atoms with Gasteiger partial charge in [0.05, 0.1) is 29.1 Å². The Labute approximate surface area is 440 Å². The van der Waals surface area contributed by atoms with Crippen LogP contribution < -0.4 is 56.8 Å². The molecule has 1 aromatic heterocycles. The summed E-state index contributed by atoms with van der Waals surface area (Å²) in [5.74, 6) is -3.11. The molecule has 1 fully saturated rings. The van der Waals surface area contributed by atoms with E-state index in [1.54, 1.807) is 26.0 Å². The molecule has 408 valence electrons. The third-order valence-electron chi connectivity index (χ3n) is 12.8. The van der Waals surface area contributed by atoms with Gasteiger partial charge in [-0.3, -0.25) is 24.0 Å². The van der Waals surface area contributed by atoms with Crippen molar-refractivity contribution < 1.29 is 56.8 Å². The molecule has 5 amide bonds. The van der Waals surface area contributed by atoms with Gasteiger partial charge in [0.1, 0.15) is 73.4 Å². The highest BCUT2D eigenvalue weighted by atomic mass is 32.2. The zero-order valence-electron chi connectivity index (χ0n) is 42.7. The van der Waals surface area contributed by atoms with Crippen LogP contribution in [0.2, 0.25) is 0 Å². The van der Waals surface area contributed by atoms with Crippen molar-refractivity contribution in [2.24, 2.45) is 16.6 Å². The Hall–Kier alpha value is -7.31. The van der Waals surface area contributed by atoms with Crippen molar-refractivity contribution in [1.29, 1.82) is 5.26 Å². The maximum atomic E-state index is 15.0. The summed E-state index contributed by atoms with van der Waals surface area (Å²) < 4.78 is 45.1. The third kappa shape index (κ3) is 15.4. The number of fused-ring (bicyclic) bond motifs is 5.